The summed E-state index contributed by atoms with van der Waals surface area (Å²) in [7, 11) is 0. The maximum atomic E-state index is 12.8. The molecule has 0 atom stereocenters. The molecule has 4 aromatic rings. The van der Waals surface area contributed by atoms with Crippen molar-refractivity contribution in [1.29, 1.82) is 5.41 Å². The molecule has 2 aliphatic heterocycles. The highest BCUT2D eigenvalue weighted by atomic mass is 16.5. The van der Waals surface area contributed by atoms with E-state index in [9.17, 15) is 4.79 Å². The first kappa shape index (κ1) is 29.5. The van der Waals surface area contributed by atoms with E-state index in [-0.39, 0.29) is 23.5 Å². The van der Waals surface area contributed by atoms with E-state index in [1.165, 1.54) is 6.33 Å². The van der Waals surface area contributed by atoms with Crippen molar-refractivity contribution in [2.75, 3.05) is 62.3 Å². The standard InChI is InChI=1S/C32H39N9O3/c1-20-17-21(2)29-25(18-20)39-32(44-29)38-23-5-3-22(4-6-23)28(33)27-30(34)35-19-36-31(27)37-24-7-11-41(12-8-24)26(42)9-10-40-13-15-43-16-14-40/h3-6,17-19,24,33H,7-16H2,1-2H3,(H,38,39)(H3,34,35,36,37). The number of fused-ring (bicyclic) bond motifs is 1. The number of carbonyl (C=O) groups excluding carboxylic acids is 1. The number of oxazole rings is 1. The lowest BCUT2D eigenvalue weighted by Gasteiger charge is -2.34. The summed E-state index contributed by atoms with van der Waals surface area (Å²) in [6.45, 7) is 9.43. The van der Waals surface area contributed by atoms with Crippen molar-refractivity contribution >= 4 is 46.1 Å². The Kier molecular flexibility index (Phi) is 8.71. The Labute approximate surface area is 256 Å². The molecule has 6 rings (SSSR count). The first-order chi connectivity index (χ1) is 21.3. The largest absolute Gasteiger partial charge is 0.423 e. The van der Waals surface area contributed by atoms with Gasteiger partial charge < -0.3 is 30.4 Å². The maximum Gasteiger partial charge on any atom is 0.300 e. The van der Waals surface area contributed by atoms with Crippen molar-refractivity contribution < 1.29 is 13.9 Å². The summed E-state index contributed by atoms with van der Waals surface area (Å²) >= 11 is 0. The van der Waals surface area contributed by atoms with Gasteiger partial charge in [-0.15, -0.1) is 0 Å². The number of aryl methyl sites for hydroxylation is 2. The number of hydrogen-bond donors (Lipinski definition) is 4. The number of aromatic nitrogens is 3. The Balaban J connectivity index is 1.07. The van der Waals surface area contributed by atoms with E-state index in [0.717, 1.165) is 73.6 Å². The number of benzene rings is 2. The second-order valence-corrected chi connectivity index (χ2v) is 11.5. The lowest BCUT2D eigenvalue weighted by Crippen LogP contribution is -2.44. The third-order valence-electron chi connectivity index (χ3n) is 8.31. The van der Waals surface area contributed by atoms with Gasteiger partial charge in [-0.25, -0.2) is 9.97 Å². The number of nitrogens with zero attached hydrogens (tertiary/aromatic N) is 5. The summed E-state index contributed by atoms with van der Waals surface area (Å²) in [5, 5.41) is 15.7. The number of carbonyl (C=O) groups is 1. The average molecular weight is 598 g/mol. The fourth-order valence-electron chi connectivity index (χ4n) is 5.88. The maximum absolute atomic E-state index is 12.8. The summed E-state index contributed by atoms with van der Waals surface area (Å²) in [5.41, 5.74) is 12.2. The number of likely N-dealkylation sites (tertiary alicyclic amines) is 1. The zero-order valence-corrected chi connectivity index (χ0v) is 25.2. The Bertz CT molecular complexity index is 1640. The van der Waals surface area contributed by atoms with Gasteiger partial charge in [0.25, 0.3) is 6.01 Å². The highest BCUT2D eigenvalue weighted by Crippen LogP contribution is 2.28. The molecular formula is C32H39N9O3. The molecule has 2 fully saturated rings. The smallest absolute Gasteiger partial charge is 0.300 e. The van der Waals surface area contributed by atoms with E-state index in [2.05, 4.69) is 36.6 Å². The molecule has 2 aromatic heterocycles. The van der Waals surface area contributed by atoms with Crippen molar-refractivity contribution in [3.05, 3.63) is 65.0 Å². The van der Waals surface area contributed by atoms with Crippen molar-refractivity contribution in [2.24, 2.45) is 0 Å². The number of piperidine rings is 1. The second-order valence-electron chi connectivity index (χ2n) is 11.5. The van der Waals surface area contributed by atoms with E-state index in [1.54, 1.807) is 0 Å². The molecule has 0 spiro atoms. The first-order valence-electron chi connectivity index (χ1n) is 15.1. The Hall–Kier alpha value is -4.55. The van der Waals surface area contributed by atoms with Crippen LogP contribution in [0.15, 0.2) is 47.1 Å². The second kappa shape index (κ2) is 13.0. The zero-order valence-electron chi connectivity index (χ0n) is 25.2. The molecule has 1 amide bonds. The minimum absolute atomic E-state index is 0.106. The van der Waals surface area contributed by atoms with Gasteiger partial charge in [-0.3, -0.25) is 15.1 Å². The van der Waals surface area contributed by atoms with Gasteiger partial charge in [0.05, 0.1) is 24.5 Å². The number of ether oxygens (including phenoxy) is 1. The molecule has 230 valence electrons. The van der Waals surface area contributed by atoms with Crippen molar-refractivity contribution in [2.45, 2.75) is 39.2 Å². The molecule has 4 heterocycles. The lowest BCUT2D eigenvalue weighted by atomic mass is 10.0. The van der Waals surface area contributed by atoms with Gasteiger partial charge >= 0.3 is 0 Å². The molecule has 2 aliphatic rings. The molecule has 12 nitrogen and oxygen atoms in total. The van der Waals surface area contributed by atoms with Gasteiger partial charge in [0.2, 0.25) is 5.91 Å². The predicted molar refractivity (Wildman–Crippen MR) is 171 cm³/mol. The highest BCUT2D eigenvalue weighted by molar-refractivity contribution is 6.16. The third kappa shape index (κ3) is 6.66. The van der Waals surface area contributed by atoms with Crippen LogP contribution in [0.4, 0.5) is 23.3 Å². The molecule has 0 saturated carbocycles. The lowest BCUT2D eigenvalue weighted by molar-refractivity contribution is -0.132. The molecule has 0 radical (unpaired) electrons. The van der Waals surface area contributed by atoms with Crippen LogP contribution in [-0.4, -0.2) is 88.4 Å². The van der Waals surface area contributed by atoms with Crippen LogP contribution in [0.3, 0.4) is 0 Å². The van der Waals surface area contributed by atoms with Crippen LogP contribution in [0.25, 0.3) is 11.1 Å². The van der Waals surface area contributed by atoms with Gasteiger partial charge in [0.1, 0.15) is 23.5 Å². The minimum Gasteiger partial charge on any atom is -0.423 e. The summed E-state index contributed by atoms with van der Waals surface area (Å²) in [4.78, 5) is 30.2. The number of rotatable bonds is 9. The fraction of sp³-hybridized carbons (Fsp3) is 0.406. The van der Waals surface area contributed by atoms with Gasteiger partial charge in [0, 0.05) is 56.4 Å². The Morgan fingerprint density at radius 3 is 2.57 bits per heavy atom. The fourth-order valence-corrected chi connectivity index (χ4v) is 5.88. The number of nitrogens with two attached hydrogens (primary N) is 1. The predicted octanol–water partition coefficient (Wildman–Crippen LogP) is 4.10. The summed E-state index contributed by atoms with van der Waals surface area (Å²) in [6.07, 6.45) is 3.52. The highest BCUT2D eigenvalue weighted by Gasteiger charge is 2.25. The van der Waals surface area contributed by atoms with E-state index in [4.69, 9.17) is 20.3 Å². The molecule has 12 heteroatoms. The third-order valence-corrected chi connectivity index (χ3v) is 8.31. The van der Waals surface area contributed by atoms with E-state index in [1.807, 2.05) is 49.1 Å². The molecule has 5 N–H and O–H groups in total. The molecule has 0 aliphatic carbocycles. The average Bonchev–Trinajstić information content (AvgIpc) is 3.43. The van der Waals surface area contributed by atoms with Gasteiger partial charge in [0.15, 0.2) is 5.58 Å². The Morgan fingerprint density at radius 2 is 1.82 bits per heavy atom. The number of hydrogen-bond acceptors (Lipinski definition) is 11. The van der Waals surface area contributed by atoms with Crippen LogP contribution >= 0.6 is 0 Å². The van der Waals surface area contributed by atoms with Crippen molar-refractivity contribution in [3.63, 3.8) is 0 Å². The SMILES string of the molecule is Cc1cc(C)c2oc(Nc3ccc(C(=N)c4c(N)ncnc4NC4CCN(C(=O)CCN5CCOCC5)CC4)cc3)nc2c1. The van der Waals surface area contributed by atoms with Crippen LogP contribution in [0.2, 0.25) is 0 Å². The Morgan fingerprint density at radius 1 is 1.07 bits per heavy atom. The van der Waals surface area contributed by atoms with Gasteiger partial charge in [-0.2, -0.15) is 4.98 Å². The summed E-state index contributed by atoms with van der Waals surface area (Å²) in [6, 6.07) is 12.0. The van der Waals surface area contributed by atoms with Crippen molar-refractivity contribution in [3.8, 4) is 0 Å². The van der Waals surface area contributed by atoms with Gasteiger partial charge in [-0.05, 0) is 56.0 Å². The molecule has 2 saturated heterocycles. The number of nitrogen functional groups attached to an aromatic ring is 1. The number of anilines is 4. The normalized spacial score (nSPS) is 16.3. The molecular weight excluding hydrogens is 558 g/mol. The van der Waals surface area contributed by atoms with Crippen LogP contribution in [0, 0.1) is 19.3 Å². The summed E-state index contributed by atoms with van der Waals surface area (Å²) < 4.78 is 11.3. The van der Waals surface area contributed by atoms with Crippen LogP contribution in [-0.2, 0) is 9.53 Å². The van der Waals surface area contributed by atoms with Crippen molar-refractivity contribution in [1.82, 2.24) is 24.8 Å². The molecule has 44 heavy (non-hydrogen) atoms. The van der Waals surface area contributed by atoms with Crippen LogP contribution in [0.5, 0.6) is 0 Å². The number of nitrogens with one attached hydrogen (secondary N) is 3. The van der Waals surface area contributed by atoms with E-state index >= 15 is 0 Å². The minimum atomic E-state index is 0.106. The number of amides is 1. The molecule has 2 aromatic carbocycles. The number of morpholine rings is 1. The monoisotopic (exact) mass is 597 g/mol. The van der Waals surface area contributed by atoms with E-state index in [0.29, 0.717) is 42.5 Å². The van der Waals surface area contributed by atoms with E-state index < -0.39 is 0 Å². The van der Waals surface area contributed by atoms with Crippen LogP contribution in [0.1, 0.15) is 41.5 Å². The molecule has 0 unspecified atom stereocenters. The molecule has 0 bridgehead atoms. The zero-order chi connectivity index (χ0) is 30.6. The topological polar surface area (TPSA) is 159 Å². The first-order valence-corrected chi connectivity index (χ1v) is 15.1. The van der Waals surface area contributed by atoms with Crippen LogP contribution < -0.4 is 16.4 Å². The summed E-state index contributed by atoms with van der Waals surface area (Å²) in [5.74, 6) is 0.962. The van der Waals surface area contributed by atoms with Gasteiger partial charge in [-0.1, -0.05) is 18.2 Å². The quantitative estimate of drug-likeness (QED) is 0.207.